The lowest BCUT2D eigenvalue weighted by molar-refractivity contribution is -0.117. The van der Waals surface area contributed by atoms with Crippen molar-refractivity contribution in [3.8, 4) is 0 Å². The van der Waals surface area contributed by atoms with Crippen molar-refractivity contribution in [1.82, 2.24) is 0 Å². The first-order valence-electron chi connectivity index (χ1n) is 5.84. The van der Waals surface area contributed by atoms with E-state index in [4.69, 9.17) is 5.14 Å². The molecule has 104 valence electrons. The molecule has 0 bridgehead atoms. The zero-order valence-corrected chi connectivity index (χ0v) is 12.2. The third-order valence-corrected chi connectivity index (χ3v) is 4.70. The molecule has 1 atom stereocenters. The third kappa shape index (κ3) is 3.71. The fourth-order valence-corrected chi connectivity index (χ4v) is 3.58. The Morgan fingerprint density at radius 2 is 2.21 bits per heavy atom. The van der Waals surface area contributed by atoms with Crippen LogP contribution in [0.3, 0.4) is 0 Å². The Labute approximate surface area is 117 Å². The van der Waals surface area contributed by atoms with Crippen LogP contribution in [0.25, 0.3) is 0 Å². The summed E-state index contributed by atoms with van der Waals surface area (Å²) in [7, 11) is -3.53. The minimum atomic E-state index is -3.53. The smallest absolute Gasteiger partial charge is 0.227 e. The molecule has 1 aliphatic heterocycles. The van der Waals surface area contributed by atoms with Gasteiger partial charge in [0, 0.05) is 29.5 Å². The standard InChI is InChI=1S/C12H16N2O3S2/c1-18-11-4-2-3-10(6-11)14-7-9(5-12(14)15)8-19(13,16)17/h2-4,6,9H,5,7-8H2,1H3,(H2,13,16,17). The van der Waals surface area contributed by atoms with E-state index in [0.29, 0.717) is 6.54 Å². The van der Waals surface area contributed by atoms with E-state index in [1.807, 2.05) is 30.5 Å². The fourth-order valence-electron chi connectivity index (χ4n) is 2.25. The molecule has 0 radical (unpaired) electrons. The molecule has 1 aromatic carbocycles. The van der Waals surface area contributed by atoms with E-state index in [-0.39, 0.29) is 24.0 Å². The van der Waals surface area contributed by atoms with Crippen molar-refractivity contribution in [2.45, 2.75) is 11.3 Å². The van der Waals surface area contributed by atoms with Crippen LogP contribution in [-0.4, -0.2) is 32.9 Å². The van der Waals surface area contributed by atoms with Crippen LogP contribution in [-0.2, 0) is 14.8 Å². The number of primary sulfonamides is 1. The van der Waals surface area contributed by atoms with Gasteiger partial charge in [-0.25, -0.2) is 13.6 Å². The Hall–Kier alpha value is -1.05. The van der Waals surface area contributed by atoms with E-state index in [1.165, 1.54) is 0 Å². The number of carbonyl (C=O) groups is 1. The summed E-state index contributed by atoms with van der Waals surface area (Å²) in [5.74, 6) is -0.412. The Morgan fingerprint density at radius 1 is 1.47 bits per heavy atom. The van der Waals surface area contributed by atoms with Crippen LogP contribution in [0.1, 0.15) is 6.42 Å². The van der Waals surface area contributed by atoms with Crippen molar-refractivity contribution in [2.75, 3.05) is 23.5 Å². The van der Waals surface area contributed by atoms with Gasteiger partial charge >= 0.3 is 0 Å². The van der Waals surface area contributed by atoms with E-state index >= 15 is 0 Å². The molecule has 1 amide bonds. The molecular formula is C12H16N2O3S2. The van der Waals surface area contributed by atoms with Crippen molar-refractivity contribution < 1.29 is 13.2 Å². The van der Waals surface area contributed by atoms with Gasteiger partial charge in [-0.15, -0.1) is 11.8 Å². The number of benzene rings is 1. The number of carbonyl (C=O) groups excluding carboxylic acids is 1. The number of rotatable bonds is 4. The second-order valence-electron chi connectivity index (χ2n) is 4.61. The minimum Gasteiger partial charge on any atom is -0.312 e. The molecule has 1 unspecified atom stereocenters. The lowest BCUT2D eigenvalue weighted by Crippen LogP contribution is -2.27. The third-order valence-electron chi connectivity index (χ3n) is 3.04. The summed E-state index contributed by atoms with van der Waals surface area (Å²) in [5, 5.41) is 5.03. The van der Waals surface area contributed by atoms with Crippen LogP contribution < -0.4 is 10.0 Å². The second kappa shape index (κ2) is 5.52. The van der Waals surface area contributed by atoms with Gasteiger partial charge in [0.1, 0.15) is 0 Å². The molecule has 1 saturated heterocycles. The van der Waals surface area contributed by atoms with Gasteiger partial charge in [-0.1, -0.05) is 6.07 Å². The van der Waals surface area contributed by atoms with Crippen LogP contribution in [0, 0.1) is 5.92 Å². The summed E-state index contributed by atoms with van der Waals surface area (Å²) >= 11 is 1.60. The number of amides is 1. The lowest BCUT2D eigenvalue weighted by Gasteiger charge is -2.17. The molecule has 2 N–H and O–H groups in total. The largest absolute Gasteiger partial charge is 0.312 e. The normalized spacial score (nSPS) is 20.0. The number of nitrogens with zero attached hydrogens (tertiary/aromatic N) is 1. The summed E-state index contributed by atoms with van der Waals surface area (Å²) in [6.45, 7) is 0.410. The quantitative estimate of drug-likeness (QED) is 0.843. The maximum Gasteiger partial charge on any atom is 0.227 e. The van der Waals surface area contributed by atoms with Gasteiger partial charge in [-0.05, 0) is 24.5 Å². The molecule has 0 aliphatic carbocycles. The van der Waals surface area contributed by atoms with Crippen molar-refractivity contribution >= 4 is 33.4 Å². The summed E-state index contributed by atoms with van der Waals surface area (Å²) in [5.41, 5.74) is 0.814. The summed E-state index contributed by atoms with van der Waals surface area (Å²) in [4.78, 5) is 14.7. The predicted molar refractivity (Wildman–Crippen MR) is 76.7 cm³/mol. The highest BCUT2D eigenvalue weighted by Crippen LogP contribution is 2.28. The molecule has 0 spiro atoms. The van der Waals surface area contributed by atoms with Gasteiger partial charge < -0.3 is 4.90 Å². The van der Waals surface area contributed by atoms with E-state index in [0.717, 1.165) is 10.6 Å². The number of sulfonamides is 1. The maximum atomic E-state index is 12.0. The van der Waals surface area contributed by atoms with E-state index in [2.05, 4.69) is 0 Å². The number of hydrogen-bond donors (Lipinski definition) is 1. The molecule has 19 heavy (non-hydrogen) atoms. The molecule has 1 heterocycles. The van der Waals surface area contributed by atoms with Gasteiger partial charge in [0.25, 0.3) is 0 Å². The van der Waals surface area contributed by atoms with Crippen LogP contribution in [0.4, 0.5) is 5.69 Å². The second-order valence-corrected chi connectivity index (χ2v) is 7.14. The monoisotopic (exact) mass is 300 g/mol. The van der Waals surface area contributed by atoms with E-state index in [9.17, 15) is 13.2 Å². The predicted octanol–water partition coefficient (Wildman–Crippen LogP) is 1.05. The topological polar surface area (TPSA) is 80.5 Å². The number of nitrogens with two attached hydrogens (primary N) is 1. The maximum absolute atomic E-state index is 12.0. The van der Waals surface area contributed by atoms with Crippen molar-refractivity contribution in [2.24, 2.45) is 11.1 Å². The van der Waals surface area contributed by atoms with Crippen LogP contribution >= 0.6 is 11.8 Å². The average Bonchev–Trinajstić information content (AvgIpc) is 2.68. The highest BCUT2D eigenvalue weighted by molar-refractivity contribution is 7.98. The molecule has 0 aromatic heterocycles. The van der Waals surface area contributed by atoms with Crippen LogP contribution in [0.15, 0.2) is 29.2 Å². The highest BCUT2D eigenvalue weighted by atomic mass is 32.2. The van der Waals surface area contributed by atoms with E-state index in [1.54, 1.807) is 16.7 Å². The first kappa shape index (κ1) is 14.4. The molecule has 1 aromatic rings. The Kier molecular flexibility index (Phi) is 4.17. The summed E-state index contributed by atoms with van der Waals surface area (Å²) in [6.07, 6.45) is 2.20. The lowest BCUT2D eigenvalue weighted by atomic mass is 10.1. The summed E-state index contributed by atoms with van der Waals surface area (Å²) in [6, 6.07) is 7.65. The zero-order valence-electron chi connectivity index (χ0n) is 10.6. The molecule has 1 fully saturated rings. The Balaban J connectivity index is 2.15. The van der Waals surface area contributed by atoms with Gasteiger partial charge in [0.2, 0.25) is 15.9 Å². The van der Waals surface area contributed by atoms with Crippen molar-refractivity contribution in [1.29, 1.82) is 0 Å². The molecule has 0 saturated carbocycles. The van der Waals surface area contributed by atoms with Gasteiger partial charge in [0.15, 0.2) is 0 Å². The summed E-state index contributed by atoms with van der Waals surface area (Å²) < 4.78 is 22.2. The Morgan fingerprint density at radius 3 is 2.84 bits per heavy atom. The SMILES string of the molecule is CSc1cccc(N2CC(CS(N)(=O)=O)CC2=O)c1. The van der Waals surface area contributed by atoms with Gasteiger partial charge in [-0.2, -0.15) is 0 Å². The zero-order chi connectivity index (χ0) is 14.0. The minimum absolute atomic E-state index is 0.0492. The Bertz CT molecular complexity index is 586. The number of thioether (sulfide) groups is 1. The van der Waals surface area contributed by atoms with Crippen LogP contribution in [0.5, 0.6) is 0 Å². The van der Waals surface area contributed by atoms with Crippen LogP contribution in [0.2, 0.25) is 0 Å². The molecular weight excluding hydrogens is 284 g/mol. The highest BCUT2D eigenvalue weighted by Gasteiger charge is 2.32. The van der Waals surface area contributed by atoms with E-state index < -0.39 is 10.0 Å². The van der Waals surface area contributed by atoms with Gasteiger partial charge in [0.05, 0.1) is 5.75 Å². The van der Waals surface area contributed by atoms with Gasteiger partial charge in [-0.3, -0.25) is 4.79 Å². The number of anilines is 1. The van der Waals surface area contributed by atoms with Crippen molar-refractivity contribution in [3.05, 3.63) is 24.3 Å². The molecule has 5 nitrogen and oxygen atoms in total. The molecule has 2 rings (SSSR count). The first-order chi connectivity index (χ1) is 8.89. The fraction of sp³-hybridized carbons (Fsp3) is 0.417. The van der Waals surface area contributed by atoms with Crippen molar-refractivity contribution in [3.63, 3.8) is 0 Å². The average molecular weight is 300 g/mol. The first-order valence-corrected chi connectivity index (χ1v) is 8.78. The molecule has 7 heteroatoms. The number of hydrogen-bond acceptors (Lipinski definition) is 4. The molecule has 1 aliphatic rings.